The van der Waals surface area contributed by atoms with Crippen molar-refractivity contribution in [2.45, 2.75) is 12.5 Å². The maximum Gasteiger partial charge on any atom is 0.327 e. The molecule has 0 spiro atoms. The molecule has 1 atom stereocenters. The predicted octanol–water partition coefficient (Wildman–Crippen LogP) is 3.39. The van der Waals surface area contributed by atoms with E-state index in [4.69, 9.17) is 0 Å². The van der Waals surface area contributed by atoms with Gasteiger partial charge in [-0.25, -0.2) is 4.79 Å². The summed E-state index contributed by atoms with van der Waals surface area (Å²) in [5.41, 5.74) is 2.79. The maximum absolute atomic E-state index is 13.0. The largest absolute Gasteiger partial charge is 0.330 e. The SMILES string of the molecule is CN(C)C(=O)N1C(=O)Cc2c(ccc3ccccc23)C1c1cccnc1. The van der Waals surface area contributed by atoms with Gasteiger partial charge in [-0.3, -0.25) is 14.7 Å². The van der Waals surface area contributed by atoms with Gasteiger partial charge in [0.1, 0.15) is 0 Å². The molecule has 0 N–H and O–H groups in total. The molecule has 1 aliphatic rings. The summed E-state index contributed by atoms with van der Waals surface area (Å²) in [4.78, 5) is 32.8. The van der Waals surface area contributed by atoms with Gasteiger partial charge in [-0.15, -0.1) is 0 Å². The first-order valence-electron chi connectivity index (χ1n) is 8.51. The fraction of sp³-hybridized carbons (Fsp3) is 0.190. The third-order valence-electron chi connectivity index (χ3n) is 4.82. The van der Waals surface area contributed by atoms with Crippen LogP contribution >= 0.6 is 0 Å². The van der Waals surface area contributed by atoms with E-state index in [0.717, 1.165) is 27.5 Å². The van der Waals surface area contributed by atoms with Crippen LogP contribution < -0.4 is 0 Å². The molecule has 0 fully saturated rings. The van der Waals surface area contributed by atoms with E-state index >= 15 is 0 Å². The normalized spacial score (nSPS) is 16.5. The topological polar surface area (TPSA) is 53.5 Å². The number of nitrogens with zero attached hydrogens (tertiary/aromatic N) is 3. The van der Waals surface area contributed by atoms with Crippen molar-refractivity contribution in [3.63, 3.8) is 0 Å². The summed E-state index contributed by atoms with van der Waals surface area (Å²) >= 11 is 0. The molecular weight excluding hydrogens is 326 g/mol. The van der Waals surface area contributed by atoms with Crippen LogP contribution in [-0.2, 0) is 11.2 Å². The molecule has 1 aromatic heterocycles. The molecule has 4 rings (SSSR count). The summed E-state index contributed by atoms with van der Waals surface area (Å²) in [7, 11) is 3.32. The molecule has 3 aromatic rings. The smallest absolute Gasteiger partial charge is 0.327 e. The van der Waals surface area contributed by atoms with Crippen LogP contribution in [0.2, 0.25) is 0 Å². The van der Waals surface area contributed by atoms with Crippen LogP contribution in [0.4, 0.5) is 4.79 Å². The molecular formula is C21H19N3O2. The number of urea groups is 1. The number of aromatic nitrogens is 1. The lowest BCUT2D eigenvalue weighted by Gasteiger charge is -2.37. The molecule has 3 amide bonds. The van der Waals surface area contributed by atoms with E-state index in [9.17, 15) is 9.59 Å². The molecule has 5 nitrogen and oxygen atoms in total. The Morgan fingerprint density at radius 3 is 2.65 bits per heavy atom. The molecule has 26 heavy (non-hydrogen) atoms. The van der Waals surface area contributed by atoms with E-state index < -0.39 is 6.04 Å². The van der Waals surface area contributed by atoms with Gasteiger partial charge in [-0.2, -0.15) is 0 Å². The van der Waals surface area contributed by atoms with Crippen LogP contribution in [0, 0.1) is 0 Å². The van der Waals surface area contributed by atoms with Crippen LogP contribution in [0.5, 0.6) is 0 Å². The average Bonchev–Trinajstić information content (AvgIpc) is 2.67. The van der Waals surface area contributed by atoms with Crippen molar-refractivity contribution in [3.05, 3.63) is 77.6 Å². The molecule has 2 heterocycles. The van der Waals surface area contributed by atoms with Gasteiger partial charge in [0.05, 0.1) is 12.5 Å². The molecule has 1 aliphatic heterocycles. The Balaban J connectivity index is 1.98. The number of carbonyl (C=O) groups excluding carboxylic acids is 2. The number of carbonyl (C=O) groups is 2. The Hall–Kier alpha value is -3.21. The van der Waals surface area contributed by atoms with E-state index in [1.165, 1.54) is 9.80 Å². The highest BCUT2D eigenvalue weighted by molar-refractivity contribution is 6.01. The lowest BCUT2D eigenvalue weighted by molar-refractivity contribution is -0.130. The van der Waals surface area contributed by atoms with E-state index in [0.29, 0.717) is 0 Å². The molecule has 0 saturated heterocycles. The van der Waals surface area contributed by atoms with Gasteiger partial charge in [-0.1, -0.05) is 42.5 Å². The standard InChI is InChI=1S/C21H19N3O2/c1-23(2)21(26)24-19(25)12-18-16-8-4-3-6-14(16)9-10-17(18)20(24)15-7-5-11-22-13-15/h3-11,13,20H,12H2,1-2H3. The predicted molar refractivity (Wildman–Crippen MR) is 99.7 cm³/mol. The van der Waals surface area contributed by atoms with E-state index in [-0.39, 0.29) is 18.4 Å². The van der Waals surface area contributed by atoms with Crippen LogP contribution in [0.25, 0.3) is 10.8 Å². The van der Waals surface area contributed by atoms with Crippen LogP contribution in [0.1, 0.15) is 22.7 Å². The number of hydrogen-bond acceptors (Lipinski definition) is 3. The zero-order valence-corrected chi connectivity index (χ0v) is 14.7. The summed E-state index contributed by atoms with van der Waals surface area (Å²) in [6.45, 7) is 0. The van der Waals surface area contributed by atoms with Crippen molar-refractivity contribution in [1.82, 2.24) is 14.8 Å². The molecule has 0 aliphatic carbocycles. The highest BCUT2D eigenvalue weighted by Gasteiger charge is 2.39. The van der Waals surface area contributed by atoms with E-state index in [1.807, 2.05) is 48.5 Å². The van der Waals surface area contributed by atoms with E-state index in [1.54, 1.807) is 26.5 Å². The van der Waals surface area contributed by atoms with Crippen LogP contribution in [0.3, 0.4) is 0 Å². The first kappa shape index (κ1) is 16.3. The minimum Gasteiger partial charge on any atom is -0.330 e. The number of imide groups is 1. The van der Waals surface area contributed by atoms with E-state index in [2.05, 4.69) is 4.98 Å². The maximum atomic E-state index is 13.0. The Morgan fingerprint density at radius 1 is 1.12 bits per heavy atom. The van der Waals surface area contributed by atoms with Crippen molar-refractivity contribution in [3.8, 4) is 0 Å². The highest BCUT2D eigenvalue weighted by atomic mass is 16.2. The van der Waals surface area contributed by atoms with Crippen molar-refractivity contribution in [1.29, 1.82) is 0 Å². The number of pyridine rings is 1. The number of amides is 3. The minimum atomic E-state index is -0.473. The van der Waals surface area contributed by atoms with Crippen molar-refractivity contribution in [2.24, 2.45) is 0 Å². The van der Waals surface area contributed by atoms with Crippen LogP contribution in [0.15, 0.2) is 60.9 Å². The van der Waals surface area contributed by atoms with Crippen molar-refractivity contribution < 1.29 is 9.59 Å². The second-order valence-corrected chi connectivity index (χ2v) is 6.66. The third kappa shape index (κ3) is 2.52. The molecule has 0 saturated carbocycles. The van der Waals surface area contributed by atoms with Gasteiger partial charge < -0.3 is 4.90 Å². The molecule has 2 aromatic carbocycles. The lowest BCUT2D eigenvalue weighted by atomic mass is 9.85. The fourth-order valence-corrected chi connectivity index (χ4v) is 3.62. The van der Waals surface area contributed by atoms with Gasteiger partial charge in [-0.05, 0) is 33.5 Å². The van der Waals surface area contributed by atoms with Gasteiger partial charge in [0.15, 0.2) is 0 Å². The lowest BCUT2D eigenvalue weighted by Crippen LogP contribution is -2.49. The van der Waals surface area contributed by atoms with Gasteiger partial charge in [0.2, 0.25) is 5.91 Å². The molecule has 0 bridgehead atoms. The second-order valence-electron chi connectivity index (χ2n) is 6.66. The van der Waals surface area contributed by atoms with Gasteiger partial charge in [0.25, 0.3) is 0 Å². The van der Waals surface area contributed by atoms with Crippen molar-refractivity contribution >= 4 is 22.7 Å². The summed E-state index contributed by atoms with van der Waals surface area (Å²) in [6, 6.07) is 15.1. The highest BCUT2D eigenvalue weighted by Crippen LogP contribution is 2.39. The number of rotatable bonds is 1. The van der Waals surface area contributed by atoms with Gasteiger partial charge in [0, 0.05) is 26.5 Å². The minimum absolute atomic E-state index is 0.193. The zero-order chi connectivity index (χ0) is 18.3. The number of fused-ring (bicyclic) bond motifs is 3. The fourth-order valence-electron chi connectivity index (χ4n) is 3.62. The summed E-state index contributed by atoms with van der Waals surface area (Å²) in [5, 5.41) is 2.15. The monoisotopic (exact) mass is 345 g/mol. The third-order valence-corrected chi connectivity index (χ3v) is 4.82. The first-order chi connectivity index (χ1) is 12.6. The summed E-state index contributed by atoms with van der Waals surface area (Å²) in [6.07, 6.45) is 3.62. The molecule has 1 unspecified atom stereocenters. The second kappa shape index (κ2) is 6.26. The average molecular weight is 345 g/mol. The van der Waals surface area contributed by atoms with Crippen molar-refractivity contribution in [2.75, 3.05) is 14.1 Å². The first-order valence-corrected chi connectivity index (χ1v) is 8.51. The Morgan fingerprint density at radius 2 is 1.92 bits per heavy atom. The summed E-state index contributed by atoms with van der Waals surface area (Å²) in [5.74, 6) is -0.193. The Kier molecular flexibility index (Phi) is 3.92. The van der Waals surface area contributed by atoms with Gasteiger partial charge >= 0.3 is 6.03 Å². The molecule has 0 radical (unpaired) electrons. The quantitative estimate of drug-likeness (QED) is 0.679. The number of benzene rings is 2. The van der Waals surface area contributed by atoms with Crippen LogP contribution in [-0.4, -0.2) is 40.8 Å². The zero-order valence-electron chi connectivity index (χ0n) is 14.7. The Labute approximate surface area is 151 Å². The summed E-state index contributed by atoms with van der Waals surface area (Å²) < 4.78 is 0. The number of hydrogen-bond donors (Lipinski definition) is 0. The molecule has 5 heteroatoms. The Bertz CT molecular complexity index is 999. The molecule has 130 valence electrons.